The van der Waals surface area contributed by atoms with E-state index in [1.807, 2.05) is 36.4 Å². The topological polar surface area (TPSA) is 104 Å². The number of hydrogen-bond donors (Lipinski definition) is 2. The molecule has 2 aromatic carbocycles. The Morgan fingerprint density at radius 2 is 1.83 bits per heavy atom. The average Bonchev–Trinajstić information content (AvgIpc) is 3.30. The third kappa shape index (κ3) is 5.09. The lowest BCUT2D eigenvalue weighted by Gasteiger charge is -2.31. The molecule has 0 spiro atoms. The second-order valence-electron chi connectivity index (χ2n) is 8.75. The number of aromatic amines is 1. The number of nitrogens with zero attached hydrogens (tertiary/aromatic N) is 2. The Hall–Kier alpha value is -3.40. The van der Waals surface area contributed by atoms with Crippen molar-refractivity contribution in [1.29, 1.82) is 0 Å². The Labute approximate surface area is 214 Å². The summed E-state index contributed by atoms with van der Waals surface area (Å²) in [5.74, 6) is 0.972. The maximum absolute atomic E-state index is 13.5. The first kappa shape index (κ1) is 24.3. The maximum atomic E-state index is 13.5. The van der Waals surface area contributed by atoms with Crippen molar-refractivity contribution in [3.05, 3.63) is 83.1 Å². The summed E-state index contributed by atoms with van der Waals surface area (Å²) in [6.45, 7) is 0.910. The standard InChI is InChI=1S/C26H25ClN4O4S/c1-36(33,34)31-13-10-17(11-14-31)30-23-9-12-28-26-24(23)21(16-29-26)25(32)20-8-7-19(15-22(20)27)35-18-5-3-2-4-6-18/h2-9,12,15-17H,10-11,13-14H2,1H3,(H2,28,29,30). The van der Waals surface area contributed by atoms with Crippen LogP contribution in [0.15, 0.2) is 67.0 Å². The van der Waals surface area contributed by atoms with E-state index in [-0.39, 0.29) is 16.8 Å². The number of carbonyl (C=O) groups is 1. The lowest BCUT2D eigenvalue weighted by molar-refractivity contribution is 0.104. The van der Waals surface area contributed by atoms with Crippen molar-refractivity contribution in [3.8, 4) is 11.5 Å². The molecule has 0 saturated carbocycles. The number of fused-ring (bicyclic) bond motifs is 1. The van der Waals surface area contributed by atoms with Gasteiger partial charge < -0.3 is 15.0 Å². The number of nitrogens with one attached hydrogen (secondary N) is 2. The van der Waals surface area contributed by atoms with Gasteiger partial charge in [-0.1, -0.05) is 29.8 Å². The highest BCUT2D eigenvalue weighted by molar-refractivity contribution is 7.88. The van der Waals surface area contributed by atoms with E-state index in [9.17, 15) is 13.2 Å². The van der Waals surface area contributed by atoms with E-state index in [1.165, 1.54) is 10.6 Å². The van der Waals surface area contributed by atoms with Gasteiger partial charge in [0.05, 0.1) is 22.2 Å². The van der Waals surface area contributed by atoms with E-state index in [1.54, 1.807) is 30.6 Å². The summed E-state index contributed by atoms with van der Waals surface area (Å²) in [4.78, 5) is 21.0. The van der Waals surface area contributed by atoms with Gasteiger partial charge in [0.2, 0.25) is 10.0 Å². The zero-order chi connectivity index (χ0) is 25.3. The number of pyridine rings is 1. The largest absolute Gasteiger partial charge is 0.457 e. The number of sulfonamides is 1. The van der Waals surface area contributed by atoms with Gasteiger partial charge in [0, 0.05) is 48.8 Å². The van der Waals surface area contributed by atoms with Gasteiger partial charge in [-0.3, -0.25) is 4.79 Å². The number of halogens is 1. The van der Waals surface area contributed by atoms with Crippen molar-refractivity contribution in [3.63, 3.8) is 0 Å². The lowest BCUT2D eigenvalue weighted by Crippen LogP contribution is -2.41. The molecule has 0 unspecified atom stereocenters. The minimum Gasteiger partial charge on any atom is -0.457 e. The van der Waals surface area contributed by atoms with Crippen molar-refractivity contribution in [2.75, 3.05) is 24.7 Å². The molecular formula is C26H25ClN4O4S. The van der Waals surface area contributed by atoms with E-state index in [2.05, 4.69) is 15.3 Å². The van der Waals surface area contributed by atoms with Gasteiger partial charge in [-0.2, -0.15) is 0 Å². The van der Waals surface area contributed by atoms with Crippen LogP contribution in [0.25, 0.3) is 11.0 Å². The van der Waals surface area contributed by atoms with Gasteiger partial charge in [-0.15, -0.1) is 0 Å². The second-order valence-corrected chi connectivity index (χ2v) is 11.1. The molecule has 2 aromatic heterocycles. The highest BCUT2D eigenvalue weighted by Gasteiger charge is 2.26. The second kappa shape index (κ2) is 9.93. The quantitative estimate of drug-likeness (QED) is 0.327. The van der Waals surface area contributed by atoms with Crippen LogP contribution in [-0.4, -0.2) is 53.9 Å². The molecule has 0 aliphatic carbocycles. The first-order valence-corrected chi connectivity index (χ1v) is 13.8. The van der Waals surface area contributed by atoms with Gasteiger partial charge in [0.25, 0.3) is 0 Å². The molecule has 4 aromatic rings. The Bertz CT molecular complexity index is 1510. The average molecular weight is 525 g/mol. The number of piperidine rings is 1. The van der Waals surface area contributed by atoms with Gasteiger partial charge in [0.15, 0.2) is 5.78 Å². The number of aromatic nitrogens is 2. The number of para-hydroxylation sites is 1. The van der Waals surface area contributed by atoms with Gasteiger partial charge in [-0.05, 0) is 43.2 Å². The Morgan fingerprint density at radius 1 is 1.08 bits per heavy atom. The highest BCUT2D eigenvalue weighted by atomic mass is 35.5. The molecule has 1 fully saturated rings. The van der Waals surface area contributed by atoms with E-state index in [0.29, 0.717) is 59.6 Å². The van der Waals surface area contributed by atoms with E-state index in [4.69, 9.17) is 16.3 Å². The Kier molecular flexibility index (Phi) is 6.70. The third-order valence-electron chi connectivity index (χ3n) is 6.26. The van der Waals surface area contributed by atoms with Crippen LogP contribution >= 0.6 is 11.6 Å². The SMILES string of the molecule is CS(=O)(=O)N1CCC(Nc2ccnc3[nH]cc(C(=O)c4ccc(Oc5ccccc5)cc4Cl)c23)CC1. The molecule has 0 amide bonds. The predicted octanol–water partition coefficient (Wildman–Crippen LogP) is 5.08. The summed E-state index contributed by atoms with van der Waals surface area (Å²) in [6.07, 6.45) is 5.88. The number of rotatable bonds is 7. The summed E-state index contributed by atoms with van der Waals surface area (Å²) in [6, 6.07) is 16.2. The molecule has 10 heteroatoms. The number of anilines is 1. The zero-order valence-electron chi connectivity index (χ0n) is 19.6. The molecule has 186 valence electrons. The van der Waals surface area contributed by atoms with Gasteiger partial charge >= 0.3 is 0 Å². The molecule has 8 nitrogen and oxygen atoms in total. The van der Waals surface area contributed by atoms with Crippen molar-refractivity contribution in [2.24, 2.45) is 0 Å². The highest BCUT2D eigenvalue weighted by Crippen LogP contribution is 2.32. The molecule has 1 aliphatic heterocycles. The minimum absolute atomic E-state index is 0.0736. The fourth-order valence-corrected chi connectivity index (χ4v) is 5.55. The fourth-order valence-electron chi connectivity index (χ4n) is 4.42. The number of hydrogen-bond acceptors (Lipinski definition) is 6. The molecule has 0 radical (unpaired) electrons. The van der Waals surface area contributed by atoms with Gasteiger partial charge in [0.1, 0.15) is 17.1 Å². The van der Waals surface area contributed by atoms with Crippen LogP contribution in [0.2, 0.25) is 5.02 Å². The number of ether oxygens (including phenoxy) is 1. The minimum atomic E-state index is -3.20. The van der Waals surface area contributed by atoms with E-state index in [0.717, 1.165) is 5.69 Å². The summed E-state index contributed by atoms with van der Waals surface area (Å²) < 4.78 is 31.0. The summed E-state index contributed by atoms with van der Waals surface area (Å²) >= 11 is 6.51. The Morgan fingerprint density at radius 3 is 2.53 bits per heavy atom. The maximum Gasteiger partial charge on any atom is 0.211 e. The molecule has 1 aliphatic rings. The lowest BCUT2D eigenvalue weighted by atomic mass is 10.0. The van der Waals surface area contributed by atoms with Crippen molar-refractivity contribution < 1.29 is 17.9 Å². The first-order valence-electron chi connectivity index (χ1n) is 11.5. The van der Waals surface area contributed by atoms with Gasteiger partial charge in [-0.25, -0.2) is 17.7 Å². The van der Waals surface area contributed by atoms with Crippen molar-refractivity contribution in [1.82, 2.24) is 14.3 Å². The monoisotopic (exact) mass is 524 g/mol. The van der Waals surface area contributed by atoms with Crippen LogP contribution in [0, 0.1) is 0 Å². The molecule has 1 saturated heterocycles. The van der Waals surface area contributed by atoms with Crippen LogP contribution in [0.3, 0.4) is 0 Å². The van der Waals surface area contributed by atoms with Crippen LogP contribution in [-0.2, 0) is 10.0 Å². The van der Waals surface area contributed by atoms with E-state index < -0.39 is 10.0 Å². The summed E-state index contributed by atoms with van der Waals surface area (Å²) in [5.41, 5.74) is 2.15. The predicted molar refractivity (Wildman–Crippen MR) is 141 cm³/mol. The Balaban J connectivity index is 1.38. The molecule has 3 heterocycles. The number of H-pyrrole nitrogens is 1. The van der Waals surface area contributed by atoms with Crippen LogP contribution in [0.5, 0.6) is 11.5 Å². The summed E-state index contributed by atoms with van der Waals surface area (Å²) in [7, 11) is -3.20. The number of benzene rings is 2. The smallest absolute Gasteiger partial charge is 0.211 e. The molecule has 0 bridgehead atoms. The first-order chi connectivity index (χ1) is 17.3. The molecular weight excluding hydrogens is 500 g/mol. The zero-order valence-corrected chi connectivity index (χ0v) is 21.1. The fraction of sp³-hybridized carbons (Fsp3) is 0.231. The molecule has 0 atom stereocenters. The number of ketones is 1. The van der Waals surface area contributed by atoms with Crippen molar-refractivity contribution >= 4 is 44.1 Å². The number of carbonyl (C=O) groups excluding carboxylic acids is 1. The van der Waals surface area contributed by atoms with Crippen molar-refractivity contribution in [2.45, 2.75) is 18.9 Å². The third-order valence-corrected chi connectivity index (χ3v) is 7.88. The molecule has 2 N–H and O–H groups in total. The van der Waals surface area contributed by atoms with Crippen LogP contribution in [0.4, 0.5) is 5.69 Å². The molecule has 5 rings (SSSR count). The normalized spacial score (nSPS) is 15.2. The molecule has 36 heavy (non-hydrogen) atoms. The van der Waals surface area contributed by atoms with E-state index >= 15 is 0 Å². The van der Waals surface area contributed by atoms with Crippen LogP contribution < -0.4 is 10.1 Å². The van der Waals surface area contributed by atoms with Crippen LogP contribution in [0.1, 0.15) is 28.8 Å². The summed E-state index contributed by atoms with van der Waals surface area (Å²) in [5, 5.41) is 4.45.